The summed E-state index contributed by atoms with van der Waals surface area (Å²) in [5.74, 6) is -0.753. The first-order valence-corrected chi connectivity index (χ1v) is 17.1. The van der Waals surface area contributed by atoms with Crippen LogP contribution in [-0.2, 0) is 19.6 Å². The molecule has 0 bridgehead atoms. The number of rotatable bonds is 15. The van der Waals surface area contributed by atoms with E-state index in [4.69, 9.17) is 32.7 Å². The van der Waals surface area contributed by atoms with Crippen molar-refractivity contribution in [2.75, 3.05) is 13.2 Å². The van der Waals surface area contributed by atoms with Crippen LogP contribution in [0.25, 0.3) is 0 Å². The van der Waals surface area contributed by atoms with Crippen molar-refractivity contribution in [3.63, 3.8) is 0 Å². The lowest BCUT2D eigenvalue weighted by atomic mass is 9.99. The van der Waals surface area contributed by atoms with Gasteiger partial charge in [0.25, 0.3) is 5.69 Å². The molecule has 1 aliphatic heterocycles. The molecule has 0 aromatic heterocycles. The molecule has 0 amide bonds. The van der Waals surface area contributed by atoms with Crippen LogP contribution in [0.3, 0.4) is 0 Å². The minimum atomic E-state index is -4.26. The summed E-state index contributed by atoms with van der Waals surface area (Å²) in [5, 5.41) is 11.5. The quantitative estimate of drug-likeness (QED) is 0.0786. The molecule has 47 heavy (non-hydrogen) atoms. The molecule has 2 aromatic carbocycles. The van der Waals surface area contributed by atoms with Crippen LogP contribution in [0.5, 0.6) is 11.5 Å². The molecule has 1 saturated carbocycles. The van der Waals surface area contributed by atoms with Gasteiger partial charge in [-0.25, -0.2) is 8.42 Å². The number of nitro benzene ring substituents is 1. The minimum Gasteiger partial charge on any atom is -0.489 e. The maximum atomic E-state index is 13.9. The highest BCUT2D eigenvalue weighted by Crippen LogP contribution is 2.40. The van der Waals surface area contributed by atoms with Crippen LogP contribution in [0.4, 0.5) is 14.5 Å². The van der Waals surface area contributed by atoms with Crippen LogP contribution in [0, 0.1) is 16.0 Å². The van der Waals surface area contributed by atoms with E-state index in [2.05, 4.69) is 11.3 Å². The minimum absolute atomic E-state index is 0.0143. The second-order valence-electron chi connectivity index (χ2n) is 11.0. The van der Waals surface area contributed by atoms with E-state index in [-0.39, 0.29) is 64.1 Å². The van der Waals surface area contributed by atoms with Crippen molar-refractivity contribution in [3.05, 3.63) is 92.5 Å². The Labute approximate surface area is 281 Å². The van der Waals surface area contributed by atoms with E-state index in [1.807, 2.05) is 0 Å². The number of carbonyl (C=O) groups excluding carboxylic acids is 1. The first-order chi connectivity index (χ1) is 22.3. The van der Waals surface area contributed by atoms with E-state index in [0.717, 1.165) is 41.4 Å². The Balaban J connectivity index is 1.71. The third-order valence-corrected chi connectivity index (χ3v) is 10.5. The average Bonchev–Trinajstić information content (AvgIpc) is 3.90. The van der Waals surface area contributed by atoms with Crippen LogP contribution in [-0.4, -0.2) is 49.4 Å². The van der Waals surface area contributed by atoms with E-state index >= 15 is 0 Å². The summed E-state index contributed by atoms with van der Waals surface area (Å²) < 4.78 is 71.3. The molecule has 15 heteroatoms. The number of benzene rings is 2. The van der Waals surface area contributed by atoms with Crippen molar-refractivity contribution in [3.8, 4) is 11.5 Å². The number of esters is 1. The summed E-state index contributed by atoms with van der Waals surface area (Å²) in [6.45, 7) is 2.56. The molecule has 2 aliphatic rings. The molecule has 0 spiro atoms. The van der Waals surface area contributed by atoms with E-state index in [1.165, 1.54) is 24.3 Å². The van der Waals surface area contributed by atoms with Crippen LogP contribution < -0.4 is 9.47 Å². The molecular weight excluding hydrogens is 681 g/mol. The molecule has 2 aromatic rings. The highest BCUT2D eigenvalue weighted by molar-refractivity contribution is 7.89. The highest BCUT2D eigenvalue weighted by atomic mass is 35.5. The predicted octanol–water partition coefficient (Wildman–Crippen LogP) is 8.02. The summed E-state index contributed by atoms with van der Waals surface area (Å²) in [7, 11) is -4.26. The van der Waals surface area contributed by atoms with Crippen LogP contribution in [0.1, 0.15) is 57.1 Å². The third kappa shape index (κ3) is 9.31. The van der Waals surface area contributed by atoms with Crippen LogP contribution >= 0.6 is 23.2 Å². The standard InChI is InChI=1S/C32H34Cl2F2N2O8S/c1-3-25(33)24(26(34)4-2)18-29(21-10-15-28(46-32(35)36)30(17-21)44-19-20-8-9-20)45-31(39)27-7-5-6-16-37(27)47(42,43)23-13-11-22(12-14-23)38(40)41/h3-4,10-15,17,20,27,29,32H,1,5-9,16,18-19H2,2H3/b25-24+,26-4+/t27-,29-/m0/s1. The first kappa shape index (κ1) is 36.3. The van der Waals surface area contributed by atoms with Gasteiger partial charge in [-0.15, -0.1) is 0 Å². The van der Waals surface area contributed by atoms with E-state index < -0.39 is 39.7 Å². The topological polar surface area (TPSA) is 125 Å². The summed E-state index contributed by atoms with van der Waals surface area (Å²) >= 11 is 12.9. The second kappa shape index (κ2) is 16.1. The van der Waals surface area contributed by atoms with Gasteiger partial charge in [0.1, 0.15) is 12.1 Å². The van der Waals surface area contributed by atoms with Crippen molar-refractivity contribution >= 4 is 44.9 Å². The van der Waals surface area contributed by atoms with Gasteiger partial charge in [-0.3, -0.25) is 14.9 Å². The molecule has 1 saturated heterocycles. The molecule has 254 valence electrons. The summed E-state index contributed by atoms with van der Waals surface area (Å²) in [4.78, 5) is 24.1. The van der Waals surface area contributed by atoms with Crippen molar-refractivity contribution < 1.29 is 41.1 Å². The third-order valence-electron chi connectivity index (χ3n) is 7.76. The fraction of sp³-hybridized carbons (Fsp3) is 0.406. The lowest BCUT2D eigenvalue weighted by Crippen LogP contribution is -2.48. The number of halogens is 4. The van der Waals surface area contributed by atoms with Gasteiger partial charge in [-0.1, -0.05) is 48.0 Å². The average molecular weight is 716 g/mol. The fourth-order valence-electron chi connectivity index (χ4n) is 5.06. The SMILES string of the molecule is C=C/C(Cl)=C(C[C@H](OC(=O)[C@@H]1CCCCN1S(=O)(=O)c1ccc([N+](=O)[O-])cc1)c1ccc(OC(F)F)c(OCC2CC2)c1)\C(Cl)=C/C. The van der Waals surface area contributed by atoms with Crippen LogP contribution in [0.15, 0.2) is 81.7 Å². The molecule has 0 unspecified atom stereocenters. The van der Waals surface area contributed by atoms with Gasteiger partial charge >= 0.3 is 12.6 Å². The zero-order chi connectivity index (χ0) is 34.3. The van der Waals surface area contributed by atoms with Crippen molar-refractivity contribution in [2.24, 2.45) is 5.92 Å². The largest absolute Gasteiger partial charge is 0.489 e. The van der Waals surface area contributed by atoms with Gasteiger partial charge in [-0.2, -0.15) is 13.1 Å². The molecular formula is C32H34Cl2F2N2O8S. The molecule has 4 rings (SSSR count). The molecule has 2 atom stereocenters. The number of non-ortho nitro benzene ring substituents is 1. The number of sulfonamides is 1. The molecule has 1 aliphatic carbocycles. The number of allylic oxidation sites excluding steroid dienone is 4. The van der Waals surface area contributed by atoms with Gasteiger partial charge in [0, 0.05) is 35.2 Å². The van der Waals surface area contributed by atoms with E-state index in [0.29, 0.717) is 24.0 Å². The Bertz CT molecular complexity index is 1650. The van der Waals surface area contributed by atoms with Crippen molar-refractivity contribution in [1.82, 2.24) is 4.31 Å². The highest BCUT2D eigenvalue weighted by Gasteiger charge is 2.40. The number of ether oxygens (including phenoxy) is 3. The lowest BCUT2D eigenvalue weighted by molar-refractivity contribution is -0.384. The number of nitrogens with zero attached hydrogens (tertiary/aromatic N) is 2. The van der Waals surface area contributed by atoms with Crippen molar-refractivity contribution in [1.29, 1.82) is 0 Å². The predicted molar refractivity (Wildman–Crippen MR) is 172 cm³/mol. The zero-order valence-corrected chi connectivity index (χ0v) is 27.8. The van der Waals surface area contributed by atoms with Gasteiger partial charge in [-0.05, 0) is 80.3 Å². The summed E-state index contributed by atoms with van der Waals surface area (Å²) in [6.07, 6.45) is 4.80. The monoisotopic (exact) mass is 714 g/mol. The molecule has 10 nitrogen and oxygen atoms in total. The maximum absolute atomic E-state index is 13.9. The fourth-order valence-corrected chi connectivity index (χ4v) is 7.12. The Morgan fingerprint density at radius 3 is 2.43 bits per heavy atom. The van der Waals surface area contributed by atoms with Crippen LogP contribution in [0.2, 0.25) is 0 Å². The number of hydrogen-bond acceptors (Lipinski definition) is 8. The number of carbonyl (C=O) groups is 1. The first-order valence-electron chi connectivity index (χ1n) is 14.9. The zero-order valence-electron chi connectivity index (χ0n) is 25.5. The lowest BCUT2D eigenvalue weighted by Gasteiger charge is -2.34. The number of alkyl halides is 2. The van der Waals surface area contributed by atoms with E-state index in [9.17, 15) is 32.1 Å². The Morgan fingerprint density at radius 2 is 1.83 bits per heavy atom. The maximum Gasteiger partial charge on any atom is 0.387 e. The second-order valence-corrected chi connectivity index (χ2v) is 13.7. The smallest absolute Gasteiger partial charge is 0.387 e. The number of hydrogen-bond donors (Lipinski definition) is 0. The Morgan fingerprint density at radius 1 is 1.13 bits per heavy atom. The Kier molecular flexibility index (Phi) is 12.4. The van der Waals surface area contributed by atoms with Gasteiger partial charge in [0.2, 0.25) is 10.0 Å². The Hall–Kier alpha value is -3.52. The van der Waals surface area contributed by atoms with E-state index in [1.54, 1.807) is 13.0 Å². The number of nitro groups is 1. The summed E-state index contributed by atoms with van der Waals surface area (Å²) in [6, 6.07) is 7.33. The number of piperidine rings is 1. The normalized spacial score (nSPS) is 18.7. The molecule has 0 radical (unpaired) electrons. The van der Waals surface area contributed by atoms with Gasteiger partial charge in [0.05, 0.1) is 16.4 Å². The van der Waals surface area contributed by atoms with Gasteiger partial charge in [0.15, 0.2) is 11.5 Å². The molecule has 0 N–H and O–H groups in total. The molecule has 1 heterocycles. The van der Waals surface area contributed by atoms with Gasteiger partial charge < -0.3 is 14.2 Å². The summed E-state index contributed by atoms with van der Waals surface area (Å²) in [5.41, 5.74) is 0.419. The van der Waals surface area contributed by atoms with Crippen molar-refractivity contribution in [2.45, 2.75) is 69.1 Å². The molecule has 2 fully saturated rings.